The van der Waals surface area contributed by atoms with Crippen molar-refractivity contribution < 1.29 is 9.53 Å². The van der Waals surface area contributed by atoms with Crippen LogP contribution in [0.5, 0.6) is 5.75 Å². The molecule has 3 aromatic rings. The first kappa shape index (κ1) is 19.3. The second-order valence-electron chi connectivity index (χ2n) is 6.12. The van der Waals surface area contributed by atoms with E-state index in [9.17, 15) is 9.59 Å². The summed E-state index contributed by atoms with van der Waals surface area (Å²) < 4.78 is 6.75. The first-order chi connectivity index (χ1) is 13.7. The summed E-state index contributed by atoms with van der Waals surface area (Å²) in [5, 5.41) is 7.21. The lowest BCUT2D eigenvalue weighted by molar-refractivity contribution is -0.121. The third kappa shape index (κ3) is 5.26. The molecule has 28 heavy (non-hydrogen) atoms. The standard InChI is InChI=1S/C21H22N4O3/c1-2-28-18-5-3-17(4-6-18)19-7-8-21(27)25(24-19)14-11-20(26)23-15-16-9-12-22-13-10-16/h3-10,12-13H,2,11,14-15H2,1H3,(H,23,26). The molecule has 0 saturated heterocycles. The molecule has 0 aliphatic rings. The van der Waals surface area contributed by atoms with Gasteiger partial charge in [0, 0.05) is 37.0 Å². The highest BCUT2D eigenvalue weighted by Gasteiger charge is 2.07. The number of rotatable bonds is 8. The molecule has 0 bridgehead atoms. The molecule has 0 atom stereocenters. The minimum atomic E-state index is -0.239. The van der Waals surface area contributed by atoms with E-state index in [1.54, 1.807) is 18.5 Å². The summed E-state index contributed by atoms with van der Waals surface area (Å²) in [6.07, 6.45) is 3.53. The summed E-state index contributed by atoms with van der Waals surface area (Å²) in [5.41, 5.74) is 2.27. The van der Waals surface area contributed by atoms with Crippen LogP contribution in [-0.2, 0) is 17.9 Å². The Labute approximate surface area is 163 Å². The molecule has 3 rings (SSSR count). The molecular weight excluding hydrogens is 356 g/mol. The largest absolute Gasteiger partial charge is 0.494 e. The minimum Gasteiger partial charge on any atom is -0.494 e. The number of aromatic nitrogens is 3. The molecule has 0 radical (unpaired) electrons. The molecule has 144 valence electrons. The fourth-order valence-electron chi connectivity index (χ4n) is 2.65. The van der Waals surface area contributed by atoms with Crippen LogP contribution in [-0.4, -0.2) is 27.3 Å². The molecule has 2 heterocycles. The van der Waals surface area contributed by atoms with Crippen LogP contribution >= 0.6 is 0 Å². The fourth-order valence-corrected chi connectivity index (χ4v) is 2.65. The van der Waals surface area contributed by atoms with Gasteiger partial charge < -0.3 is 10.1 Å². The van der Waals surface area contributed by atoms with E-state index in [4.69, 9.17) is 4.74 Å². The number of hydrogen-bond donors (Lipinski definition) is 1. The number of ether oxygens (including phenoxy) is 1. The van der Waals surface area contributed by atoms with Crippen molar-refractivity contribution in [2.24, 2.45) is 0 Å². The van der Waals surface area contributed by atoms with Gasteiger partial charge in [0.1, 0.15) is 5.75 Å². The van der Waals surface area contributed by atoms with Crippen molar-refractivity contribution in [3.63, 3.8) is 0 Å². The number of carbonyl (C=O) groups excluding carboxylic acids is 1. The number of nitrogens with one attached hydrogen (secondary N) is 1. The highest BCUT2D eigenvalue weighted by molar-refractivity contribution is 5.75. The Hall–Kier alpha value is -3.48. The molecule has 1 N–H and O–H groups in total. The Balaban J connectivity index is 1.61. The van der Waals surface area contributed by atoms with Crippen LogP contribution in [0.15, 0.2) is 65.7 Å². The second-order valence-corrected chi connectivity index (χ2v) is 6.12. The molecular formula is C21H22N4O3. The number of benzene rings is 1. The lowest BCUT2D eigenvalue weighted by Gasteiger charge is -2.09. The molecule has 2 aromatic heterocycles. The molecule has 1 aromatic carbocycles. The van der Waals surface area contributed by atoms with E-state index in [-0.39, 0.29) is 24.4 Å². The average Bonchev–Trinajstić information content (AvgIpc) is 2.73. The minimum absolute atomic E-state index is 0.142. The van der Waals surface area contributed by atoms with E-state index in [1.807, 2.05) is 43.3 Å². The SMILES string of the molecule is CCOc1ccc(-c2ccc(=O)n(CCC(=O)NCc3ccncc3)n2)cc1. The normalized spacial score (nSPS) is 10.5. The average molecular weight is 378 g/mol. The maximum Gasteiger partial charge on any atom is 0.266 e. The Morgan fingerprint density at radius 1 is 1.07 bits per heavy atom. The van der Waals surface area contributed by atoms with Crippen LogP contribution in [0.4, 0.5) is 0 Å². The van der Waals surface area contributed by atoms with Gasteiger partial charge in [-0.25, -0.2) is 4.68 Å². The monoisotopic (exact) mass is 378 g/mol. The van der Waals surface area contributed by atoms with Gasteiger partial charge in [-0.2, -0.15) is 5.10 Å². The number of carbonyl (C=O) groups is 1. The van der Waals surface area contributed by atoms with E-state index in [1.165, 1.54) is 10.7 Å². The zero-order valence-corrected chi connectivity index (χ0v) is 15.7. The van der Waals surface area contributed by atoms with Gasteiger partial charge >= 0.3 is 0 Å². The van der Waals surface area contributed by atoms with E-state index >= 15 is 0 Å². The van der Waals surface area contributed by atoms with E-state index in [2.05, 4.69) is 15.4 Å². The van der Waals surface area contributed by atoms with Crippen molar-refractivity contribution in [1.82, 2.24) is 20.1 Å². The lowest BCUT2D eigenvalue weighted by atomic mass is 10.1. The second kappa shape index (κ2) is 9.45. The van der Waals surface area contributed by atoms with Crippen molar-refractivity contribution in [3.05, 3.63) is 76.8 Å². The molecule has 0 aliphatic carbocycles. The molecule has 0 fully saturated rings. The Morgan fingerprint density at radius 3 is 2.54 bits per heavy atom. The van der Waals surface area contributed by atoms with Gasteiger partial charge in [0.15, 0.2) is 0 Å². The summed E-state index contributed by atoms with van der Waals surface area (Å²) in [5.74, 6) is 0.641. The molecule has 7 heteroatoms. The quantitative estimate of drug-likeness (QED) is 0.651. The highest BCUT2D eigenvalue weighted by Crippen LogP contribution is 2.19. The topological polar surface area (TPSA) is 86.1 Å². The summed E-state index contributed by atoms with van der Waals surface area (Å²) in [4.78, 5) is 28.1. The summed E-state index contributed by atoms with van der Waals surface area (Å²) in [6.45, 7) is 3.17. The molecule has 0 spiro atoms. The lowest BCUT2D eigenvalue weighted by Crippen LogP contribution is -2.28. The van der Waals surface area contributed by atoms with Crippen LogP contribution in [0, 0.1) is 0 Å². The molecule has 0 aliphatic heterocycles. The van der Waals surface area contributed by atoms with Crippen molar-refractivity contribution in [2.75, 3.05) is 6.61 Å². The van der Waals surface area contributed by atoms with Crippen molar-refractivity contribution >= 4 is 5.91 Å². The van der Waals surface area contributed by atoms with Gasteiger partial charge in [0.25, 0.3) is 5.56 Å². The van der Waals surface area contributed by atoms with Gasteiger partial charge in [-0.05, 0) is 55.0 Å². The smallest absolute Gasteiger partial charge is 0.266 e. The third-order valence-electron chi connectivity index (χ3n) is 4.12. The van der Waals surface area contributed by atoms with E-state index in [0.717, 1.165) is 16.9 Å². The Bertz CT molecular complexity index is 969. The van der Waals surface area contributed by atoms with Crippen LogP contribution < -0.4 is 15.6 Å². The third-order valence-corrected chi connectivity index (χ3v) is 4.12. The first-order valence-electron chi connectivity index (χ1n) is 9.12. The number of aryl methyl sites for hydroxylation is 1. The Morgan fingerprint density at radius 2 is 1.82 bits per heavy atom. The predicted octanol–water partition coefficient (Wildman–Crippen LogP) is 2.41. The number of amides is 1. The van der Waals surface area contributed by atoms with Crippen molar-refractivity contribution in [2.45, 2.75) is 26.4 Å². The summed E-state index contributed by atoms with van der Waals surface area (Å²) in [6, 6.07) is 14.3. The molecule has 1 amide bonds. The van der Waals surface area contributed by atoms with Crippen molar-refractivity contribution in [3.8, 4) is 17.0 Å². The predicted molar refractivity (Wildman–Crippen MR) is 106 cm³/mol. The molecule has 7 nitrogen and oxygen atoms in total. The van der Waals surface area contributed by atoms with E-state index < -0.39 is 0 Å². The van der Waals surface area contributed by atoms with Crippen LogP contribution in [0.3, 0.4) is 0 Å². The molecule has 0 saturated carbocycles. The van der Waals surface area contributed by atoms with Gasteiger partial charge in [0.05, 0.1) is 18.8 Å². The van der Waals surface area contributed by atoms with Gasteiger partial charge in [-0.15, -0.1) is 0 Å². The zero-order chi connectivity index (χ0) is 19.8. The summed E-state index contributed by atoms with van der Waals surface area (Å²) >= 11 is 0. The van der Waals surface area contributed by atoms with Crippen LogP contribution in [0.25, 0.3) is 11.3 Å². The number of nitrogens with zero attached hydrogens (tertiary/aromatic N) is 3. The summed E-state index contributed by atoms with van der Waals surface area (Å²) in [7, 11) is 0. The maximum atomic E-state index is 12.1. The fraction of sp³-hybridized carbons (Fsp3) is 0.238. The number of hydrogen-bond acceptors (Lipinski definition) is 5. The van der Waals surface area contributed by atoms with Gasteiger partial charge in [-0.3, -0.25) is 14.6 Å². The Kier molecular flexibility index (Phi) is 6.51. The van der Waals surface area contributed by atoms with Gasteiger partial charge in [0.2, 0.25) is 5.91 Å². The first-order valence-corrected chi connectivity index (χ1v) is 9.12. The molecule has 0 unspecified atom stereocenters. The highest BCUT2D eigenvalue weighted by atomic mass is 16.5. The van der Waals surface area contributed by atoms with Crippen LogP contribution in [0.2, 0.25) is 0 Å². The van der Waals surface area contributed by atoms with Crippen LogP contribution in [0.1, 0.15) is 18.9 Å². The van der Waals surface area contributed by atoms with Crippen molar-refractivity contribution in [1.29, 1.82) is 0 Å². The number of pyridine rings is 1. The maximum absolute atomic E-state index is 12.1. The van der Waals surface area contributed by atoms with Gasteiger partial charge in [-0.1, -0.05) is 0 Å². The van der Waals surface area contributed by atoms with E-state index in [0.29, 0.717) is 18.8 Å². The zero-order valence-electron chi connectivity index (χ0n) is 15.7.